The summed E-state index contributed by atoms with van der Waals surface area (Å²) >= 11 is 0. The standard InChI is InChI=1S/C15H27N3/c1-4-12(2)9-13(3)18-11-17-10-15(18)14-5-7-16-8-6-14/h10-14,16H,4-9H2,1-3H3. The molecule has 1 N–H and O–H groups in total. The van der Waals surface area contributed by atoms with Gasteiger partial charge in [-0.15, -0.1) is 0 Å². The van der Waals surface area contributed by atoms with Crippen LogP contribution in [0.2, 0.25) is 0 Å². The van der Waals surface area contributed by atoms with Crippen LogP contribution in [-0.2, 0) is 0 Å². The van der Waals surface area contributed by atoms with E-state index in [-0.39, 0.29) is 0 Å². The predicted octanol–water partition coefficient (Wildman–Crippen LogP) is 3.35. The fourth-order valence-electron chi connectivity index (χ4n) is 2.98. The van der Waals surface area contributed by atoms with Crippen molar-refractivity contribution < 1.29 is 0 Å². The first-order chi connectivity index (χ1) is 8.72. The maximum absolute atomic E-state index is 4.39. The van der Waals surface area contributed by atoms with Gasteiger partial charge in [0, 0.05) is 23.9 Å². The molecule has 2 heterocycles. The Labute approximate surface area is 111 Å². The Balaban J connectivity index is 2.06. The number of rotatable bonds is 5. The Morgan fingerprint density at radius 1 is 1.39 bits per heavy atom. The average Bonchev–Trinajstić information content (AvgIpc) is 2.88. The van der Waals surface area contributed by atoms with E-state index in [1.165, 1.54) is 31.4 Å². The first kappa shape index (κ1) is 13.6. The Bertz CT molecular complexity index is 352. The number of imidazole rings is 1. The predicted molar refractivity (Wildman–Crippen MR) is 75.9 cm³/mol. The molecule has 1 aliphatic rings. The van der Waals surface area contributed by atoms with Gasteiger partial charge in [0.25, 0.3) is 0 Å². The molecular weight excluding hydrogens is 222 g/mol. The summed E-state index contributed by atoms with van der Waals surface area (Å²) in [6.45, 7) is 9.25. The smallest absolute Gasteiger partial charge is 0.0950 e. The summed E-state index contributed by atoms with van der Waals surface area (Å²) in [5.74, 6) is 1.50. The highest BCUT2D eigenvalue weighted by Crippen LogP contribution is 2.29. The van der Waals surface area contributed by atoms with Gasteiger partial charge in [-0.3, -0.25) is 0 Å². The molecule has 1 aromatic heterocycles. The van der Waals surface area contributed by atoms with Gasteiger partial charge in [0.05, 0.1) is 6.33 Å². The van der Waals surface area contributed by atoms with Crippen LogP contribution in [0, 0.1) is 5.92 Å². The molecule has 3 heteroatoms. The second-order valence-electron chi connectivity index (χ2n) is 5.85. The number of piperidine rings is 1. The van der Waals surface area contributed by atoms with Gasteiger partial charge < -0.3 is 9.88 Å². The van der Waals surface area contributed by atoms with E-state index in [9.17, 15) is 0 Å². The van der Waals surface area contributed by atoms with Crippen LogP contribution in [0.3, 0.4) is 0 Å². The zero-order chi connectivity index (χ0) is 13.0. The molecule has 1 aromatic rings. The van der Waals surface area contributed by atoms with Crippen molar-refractivity contribution in [2.45, 2.75) is 58.4 Å². The molecule has 0 amide bonds. The molecule has 1 saturated heterocycles. The average molecular weight is 249 g/mol. The summed E-state index contributed by atoms with van der Waals surface area (Å²) in [7, 11) is 0. The topological polar surface area (TPSA) is 29.9 Å². The van der Waals surface area contributed by atoms with Crippen LogP contribution in [0.25, 0.3) is 0 Å². The minimum absolute atomic E-state index is 0.576. The zero-order valence-electron chi connectivity index (χ0n) is 12.0. The van der Waals surface area contributed by atoms with Crippen molar-refractivity contribution in [1.82, 2.24) is 14.9 Å². The Kier molecular flexibility index (Phi) is 4.81. The normalized spacial score (nSPS) is 20.8. The first-order valence-electron chi connectivity index (χ1n) is 7.44. The maximum Gasteiger partial charge on any atom is 0.0950 e. The molecule has 0 radical (unpaired) electrons. The molecule has 0 saturated carbocycles. The third-order valence-electron chi connectivity index (χ3n) is 4.37. The van der Waals surface area contributed by atoms with Crippen molar-refractivity contribution in [3.05, 3.63) is 18.2 Å². The Morgan fingerprint density at radius 2 is 2.11 bits per heavy atom. The van der Waals surface area contributed by atoms with Crippen LogP contribution in [-0.4, -0.2) is 22.6 Å². The highest BCUT2D eigenvalue weighted by molar-refractivity contribution is 5.09. The molecule has 0 aliphatic carbocycles. The van der Waals surface area contributed by atoms with E-state index in [4.69, 9.17) is 0 Å². The van der Waals surface area contributed by atoms with Crippen molar-refractivity contribution in [2.24, 2.45) is 5.92 Å². The van der Waals surface area contributed by atoms with Crippen LogP contribution in [0.4, 0.5) is 0 Å². The molecule has 18 heavy (non-hydrogen) atoms. The van der Waals surface area contributed by atoms with E-state index in [1.54, 1.807) is 0 Å². The van der Waals surface area contributed by atoms with Gasteiger partial charge in [-0.25, -0.2) is 4.98 Å². The molecule has 3 nitrogen and oxygen atoms in total. The van der Waals surface area contributed by atoms with Gasteiger partial charge in [-0.2, -0.15) is 0 Å². The van der Waals surface area contributed by atoms with Crippen LogP contribution in [0.1, 0.15) is 64.1 Å². The minimum Gasteiger partial charge on any atom is -0.332 e. The summed E-state index contributed by atoms with van der Waals surface area (Å²) in [5.41, 5.74) is 1.45. The SMILES string of the molecule is CCC(C)CC(C)n1cncc1C1CCNCC1. The first-order valence-corrected chi connectivity index (χ1v) is 7.44. The van der Waals surface area contributed by atoms with Crippen LogP contribution >= 0.6 is 0 Å². The molecule has 0 bridgehead atoms. The summed E-state index contributed by atoms with van der Waals surface area (Å²) in [6.07, 6.45) is 9.14. The van der Waals surface area contributed by atoms with E-state index in [0.717, 1.165) is 19.0 Å². The van der Waals surface area contributed by atoms with Crippen molar-refractivity contribution in [1.29, 1.82) is 0 Å². The summed E-state index contributed by atoms with van der Waals surface area (Å²) < 4.78 is 2.42. The number of nitrogens with one attached hydrogen (secondary N) is 1. The fourth-order valence-corrected chi connectivity index (χ4v) is 2.98. The second kappa shape index (κ2) is 6.37. The van der Waals surface area contributed by atoms with Crippen molar-refractivity contribution in [3.8, 4) is 0 Å². The highest BCUT2D eigenvalue weighted by atomic mass is 15.1. The van der Waals surface area contributed by atoms with Crippen molar-refractivity contribution >= 4 is 0 Å². The van der Waals surface area contributed by atoms with Crippen LogP contribution in [0.15, 0.2) is 12.5 Å². The zero-order valence-corrected chi connectivity index (χ0v) is 12.0. The molecular formula is C15H27N3. The van der Waals surface area contributed by atoms with Gasteiger partial charge in [-0.1, -0.05) is 20.3 Å². The molecule has 0 aromatic carbocycles. The summed E-state index contributed by atoms with van der Waals surface area (Å²) in [4.78, 5) is 4.39. The lowest BCUT2D eigenvalue weighted by atomic mass is 9.94. The Morgan fingerprint density at radius 3 is 2.78 bits per heavy atom. The molecule has 2 unspecified atom stereocenters. The van der Waals surface area contributed by atoms with Crippen molar-refractivity contribution in [2.75, 3.05) is 13.1 Å². The highest BCUT2D eigenvalue weighted by Gasteiger charge is 2.21. The van der Waals surface area contributed by atoms with Crippen molar-refractivity contribution in [3.63, 3.8) is 0 Å². The molecule has 102 valence electrons. The number of nitrogens with zero attached hydrogens (tertiary/aromatic N) is 2. The van der Waals surface area contributed by atoms with Gasteiger partial charge in [0.1, 0.15) is 0 Å². The number of hydrogen-bond acceptors (Lipinski definition) is 2. The lowest BCUT2D eigenvalue weighted by molar-refractivity contribution is 0.371. The minimum atomic E-state index is 0.576. The van der Waals surface area contributed by atoms with Gasteiger partial charge in [-0.05, 0) is 45.2 Å². The van der Waals surface area contributed by atoms with Crippen LogP contribution in [0.5, 0.6) is 0 Å². The molecule has 1 fully saturated rings. The van der Waals surface area contributed by atoms with E-state index < -0.39 is 0 Å². The lowest BCUT2D eigenvalue weighted by Crippen LogP contribution is -2.28. The lowest BCUT2D eigenvalue weighted by Gasteiger charge is -2.26. The number of hydrogen-bond donors (Lipinski definition) is 1. The number of aromatic nitrogens is 2. The van der Waals surface area contributed by atoms with Gasteiger partial charge in [0.2, 0.25) is 0 Å². The van der Waals surface area contributed by atoms with E-state index in [2.05, 4.69) is 41.8 Å². The third-order valence-corrected chi connectivity index (χ3v) is 4.37. The molecule has 2 rings (SSSR count). The van der Waals surface area contributed by atoms with Gasteiger partial charge >= 0.3 is 0 Å². The Hall–Kier alpha value is -0.830. The van der Waals surface area contributed by atoms with Gasteiger partial charge in [0.15, 0.2) is 0 Å². The third kappa shape index (κ3) is 3.14. The molecule has 0 spiro atoms. The monoisotopic (exact) mass is 249 g/mol. The molecule has 1 aliphatic heterocycles. The summed E-state index contributed by atoms with van der Waals surface area (Å²) in [6, 6.07) is 0.576. The quantitative estimate of drug-likeness (QED) is 0.867. The van der Waals surface area contributed by atoms with E-state index in [0.29, 0.717) is 12.0 Å². The second-order valence-corrected chi connectivity index (χ2v) is 5.85. The molecule has 2 atom stereocenters. The van der Waals surface area contributed by atoms with E-state index in [1.807, 2.05) is 6.33 Å². The largest absolute Gasteiger partial charge is 0.332 e. The van der Waals surface area contributed by atoms with E-state index >= 15 is 0 Å². The maximum atomic E-state index is 4.39. The summed E-state index contributed by atoms with van der Waals surface area (Å²) in [5, 5.41) is 3.44. The van der Waals surface area contributed by atoms with Crippen LogP contribution < -0.4 is 5.32 Å². The fraction of sp³-hybridized carbons (Fsp3) is 0.800.